The van der Waals surface area contributed by atoms with Gasteiger partial charge in [-0.3, -0.25) is 4.79 Å². The van der Waals surface area contributed by atoms with Crippen molar-refractivity contribution in [3.8, 4) is 0 Å². The molecule has 2 aliphatic heterocycles. The Morgan fingerprint density at radius 2 is 2.54 bits per heavy atom. The van der Waals surface area contributed by atoms with Gasteiger partial charge in [-0.1, -0.05) is 0 Å². The summed E-state index contributed by atoms with van der Waals surface area (Å²) in [6, 6.07) is 0.638. The summed E-state index contributed by atoms with van der Waals surface area (Å²) in [5, 5.41) is 5.20. The van der Waals surface area contributed by atoms with Crippen LogP contribution in [0.2, 0.25) is 0 Å². The van der Waals surface area contributed by atoms with Crippen molar-refractivity contribution in [3.05, 3.63) is 0 Å². The zero-order valence-electron chi connectivity index (χ0n) is 7.79. The van der Waals surface area contributed by atoms with Crippen LogP contribution in [0.25, 0.3) is 0 Å². The zero-order valence-corrected chi connectivity index (χ0v) is 7.79. The minimum atomic E-state index is -0.0839. The molecule has 1 atom stereocenters. The maximum Gasteiger partial charge on any atom is 0.326 e. The molecule has 0 aromatic carbocycles. The van der Waals surface area contributed by atoms with Crippen molar-refractivity contribution in [2.45, 2.75) is 31.7 Å². The van der Waals surface area contributed by atoms with Crippen molar-refractivity contribution in [2.75, 3.05) is 19.6 Å². The lowest BCUT2D eigenvalue weighted by Gasteiger charge is -2.15. The Bertz CT molecular complexity index is 190. The molecule has 0 spiro atoms. The van der Waals surface area contributed by atoms with Gasteiger partial charge in [-0.25, -0.2) is 0 Å². The Hall–Kier alpha value is -0.610. The van der Waals surface area contributed by atoms with Crippen molar-refractivity contribution in [1.29, 1.82) is 0 Å². The molecule has 2 saturated heterocycles. The summed E-state index contributed by atoms with van der Waals surface area (Å²) in [6.45, 7) is 2.79. The molecule has 74 valence electrons. The summed E-state index contributed by atoms with van der Waals surface area (Å²) in [4.78, 5) is 15.8. The van der Waals surface area contributed by atoms with Crippen molar-refractivity contribution in [1.82, 2.24) is 10.4 Å². The monoisotopic (exact) mass is 184 g/mol. The molecule has 0 aromatic heterocycles. The van der Waals surface area contributed by atoms with E-state index in [-0.39, 0.29) is 5.97 Å². The van der Waals surface area contributed by atoms with Crippen LogP contribution in [0.3, 0.4) is 0 Å². The fourth-order valence-electron chi connectivity index (χ4n) is 1.91. The molecule has 2 aliphatic rings. The van der Waals surface area contributed by atoms with Gasteiger partial charge in [0.25, 0.3) is 0 Å². The summed E-state index contributed by atoms with van der Waals surface area (Å²) in [7, 11) is 0. The van der Waals surface area contributed by atoms with Gasteiger partial charge in [-0.15, -0.1) is 5.06 Å². The highest BCUT2D eigenvalue weighted by Crippen LogP contribution is 2.12. The molecule has 0 saturated carbocycles. The first kappa shape index (κ1) is 8.97. The third-order valence-corrected chi connectivity index (χ3v) is 2.69. The van der Waals surface area contributed by atoms with Gasteiger partial charge < -0.3 is 10.2 Å². The Labute approximate surface area is 78.2 Å². The molecule has 1 unspecified atom stereocenters. The maximum absolute atomic E-state index is 10.8. The number of nitrogens with one attached hydrogen (secondary N) is 1. The van der Waals surface area contributed by atoms with Crippen LogP contribution in [0.15, 0.2) is 0 Å². The minimum absolute atomic E-state index is 0.0839. The summed E-state index contributed by atoms with van der Waals surface area (Å²) in [5.41, 5.74) is 0. The van der Waals surface area contributed by atoms with Crippen LogP contribution in [0.4, 0.5) is 0 Å². The number of nitrogens with zero attached hydrogens (tertiary/aromatic N) is 1. The molecule has 0 bridgehead atoms. The summed E-state index contributed by atoms with van der Waals surface area (Å²) in [5.74, 6) is -0.0839. The molecule has 2 rings (SSSR count). The maximum atomic E-state index is 10.8. The topological polar surface area (TPSA) is 41.6 Å². The second-order valence-corrected chi connectivity index (χ2v) is 3.72. The standard InChI is InChI=1S/C9H16N2O2/c12-9-4-7-11(13-9)6-3-8-2-1-5-10-8/h8,10H,1-7H2. The van der Waals surface area contributed by atoms with Crippen molar-refractivity contribution >= 4 is 5.97 Å². The molecule has 13 heavy (non-hydrogen) atoms. The average Bonchev–Trinajstić information content (AvgIpc) is 2.71. The molecule has 4 nitrogen and oxygen atoms in total. The third-order valence-electron chi connectivity index (χ3n) is 2.69. The molecular formula is C9H16N2O2. The van der Waals surface area contributed by atoms with E-state index >= 15 is 0 Å². The molecule has 0 amide bonds. The van der Waals surface area contributed by atoms with Gasteiger partial charge in [0.15, 0.2) is 0 Å². The highest BCUT2D eigenvalue weighted by atomic mass is 16.7. The van der Waals surface area contributed by atoms with Crippen molar-refractivity contribution in [2.24, 2.45) is 0 Å². The van der Waals surface area contributed by atoms with Crippen LogP contribution in [0, 0.1) is 0 Å². The van der Waals surface area contributed by atoms with Gasteiger partial charge in [-0.2, -0.15) is 0 Å². The van der Waals surface area contributed by atoms with Gasteiger partial charge in [-0.05, 0) is 25.8 Å². The van der Waals surface area contributed by atoms with Crippen LogP contribution in [-0.4, -0.2) is 36.7 Å². The van der Waals surface area contributed by atoms with E-state index in [1.807, 2.05) is 0 Å². The lowest BCUT2D eigenvalue weighted by atomic mass is 10.1. The van der Waals surface area contributed by atoms with E-state index in [1.165, 1.54) is 12.8 Å². The van der Waals surface area contributed by atoms with Crippen LogP contribution in [0.5, 0.6) is 0 Å². The Kier molecular flexibility index (Phi) is 2.80. The molecule has 0 aromatic rings. The molecule has 2 fully saturated rings. The van der Waals surface area contributed by atoms with Gasteiger partial charge in [0.05, 0.1) is 6.42 Å². The summed E-state index contributed by atoms with van der Waals surface area (Å²) < 4.78 is 0. The number of hydroxylamine groups is 2. The van der Waals surface area contributed by atoms with E-state index in [0.717, 1.165) is 26.1 Å². The van der Waals surface area contributed by atoms with E-state index in [2.05, 4.69) is 5.32 Å². The lowest BCUT2D eigenvalue weighted by molar-refractivity contribution is -0.170. The largest absolute Gasteiger partial charge is 0.368 e. The Morgan fingerprint density at radius 3 is 3.15 bits per heavy atom. The first-order valence-electron chi connectivity index (χ1n) is 5.04. The number of rotatable bonds is 3. The second-order valence-electron chi connectivity index (χ2n) is 3.72. The van der Waals surface area contributed by atoms with Crippen LogP contribution < -0.4 is 5.32 Å². The quantitative estimate of drug-likeness (QED) is 0.684. The molecule has 4 heteroatoms. The van der Waals surface area contributed by atoms with Crippen LogP contribution in [-0.2, 0) is 9.63 Å². The van der Waals surface area contributed by atoms with E-state index in [4.69, 9.17) is 4.84 Å². The highest BCUT2D eigenvalue weighted by molar-refractivity contribution is 5.70. The normalized spacial score (nSPS) is 29.5. The minimum Gasteiger partial charge on any atom is -0.368 e. The summed E-state index contributed by atoms with van der Waals surface area (Å²) in [6.07, 6.45) is 4.19. The first-order valence-corrected chi connectivity index (χ1v) is 5.04. The van der Waals surface area contributed by atoms with Crippen LogP contribution >= 0.6 is 0 Å². The smallest absolute Gasteiger partial charge is 0.326 e. The molecule has 0 radical (unpaired) electrons. The molecular weight excluding hydrogens is 168 g/mol. The van der Waals surface area contributed by atoms with E-state index in [1.54, 1.807) is 5.06 Å². The van der Waals surface area contributed by atoms with Crippen LogP contribution in [0.1, 0.15) is 25.7 Å². The fraction of sp³-hybridized carbons (Fsp3) is 0.889. The predicted octanol–water partition coefficient (Wildman–Crippen LogP) is 0.292. The number of hydrogen-bond donors (Lipinski definition) is 1. The molecule has 2 heterocycles. The van der Waals surface area contributed by atoms with E-state index in [0.29, 0.717) is 12.5 Å². The van der Waals surface area contributed by atoms with Crippen molar-refractivity contribution in [3.63, 3.8) is 0 Å². The summed E-state index contributed by atoms with van der Waals surface area (Å²) >= 11 is 0. The average molecular weight is 184 g/mol. The van der Waals surface area contributed by atoms with E-state index < -0.39 is 0 Å². The van der Waals surface area contributed by atoms with Gasteiger partial charge in [0.2, 0.25) is 0 Å². The fourth-order valence-corrected chi connectivity index (χ4v) is 1.91. The zero-order chi connectivity index (χ0) is 9.10. The number of carbonyl (C=O) groups excluding carboxylic acids is 1. The van der Waals surface area contributed by atoms with Gasteiger partial charge >= 0.3 is 5.97 Å². The SMILES string of the molecule is O=C1CCN(CCC2CCCN2)O1. The Balaban J connectivity index is 1.64. The molecule has 1 N–H and O–H groups in total. The first-order chi connectivity index (χ1) is 6.34. The lowest BCUT2D eigenvalue weighted by Crippen LogP contribution is -2.28. The van der Waals surface area contributed by atoms with Crippen molar-refractivity contribution < 1.29 is 9.63 Å². The third kappa shape index (κ3) is 2.42. The number of carbonyl (C=O) groups is 1. The van der Waals surface area contributed by atoms with Gasteiger partial charge in [0, 0.05) is 19.1 Å². The molecule has 0 aliphatic carbocycles. The van der Waals surface area contributed by atoms with E-state index in [9.17, 15) is 4.79 Å². The highest BCUT2D eigenvalue weighted by Gasteiger charge is 2.22. The Morgan fingerprint density at radius 1 is 1.62 bits per heavy atom. The second kappa shape index (κ2) is 4.07. The van der Waals surface area contributed by atoms with Gasteiger partial charge in [0.1, 0.15) is 0 Å². The number of hydrogen-bond acceptors (Lipinski definition) is 4. The predicted molar refractivity (Wildman–Crippen MR) is 47.9 cm³/mol.